The van der Waals surface area contributed by atoms with Crippen LogP contribution in [0.15, 0.2) is 133 Å². The Kier molecular flexibility index (Phi) is 14.6. The van der Waals surface area contributed by atoms with Gasteiger partial charge in [0, 0.05) is 0 Å². The van der Waals surface area contributed by atoms with E-state index in [2.05, 4.69) is 80.7 Å². The average molecular weight is 520 g/mol. The zero-order valence-electron chi connectivity index (χ0n) is 18.6. The van der Waals surface area contributed by atoms with E-state index in [0.717, 1.165) is 17.5 Å². The van der Waals surface area contributed by atoms with Crippen molar-refractivity contribution >= 4 is 3.81 Å². The molecular weight excluding hydrogens is 495 g/mol. The van der Waals surface area contributed by atoms with Crippen LogP contribution in [0, 0.1) is 6.08 Å². The van der Waals surface area contributed by atoms with Gasteiger partial charge in [0.2, 0.25) is 0 Å². The van der Waals surface area contributed by atoms with Gasteiger partial charge in [-0.05, 0) is 23.3 Å². The van der Waals surface area contributed by atoms with E-state index in [0.29, 0.717) is 5.75 Å². The number of phenolic OH excluding ortho intramolecular Hbond substituents is 1. The first-order chi connectivity index (χ1) is 15.7. The van der Waals surface area contributed by atoms with Crippen LogP contribution >= 0.6 is 0 Å². The molecule has 171 valence electrons. The molecule has 4 aromatic rings. The fraction of sp³-hybridized carbons (Fsp3) is 0.0333. The predicted octanol–water partition coefficient (Wildman–Crippen LogP) is 1.18. The normalized spacial score (nSPS) is 10.4. The van der Waals surface area contributed by atoms with Crippen molar-refractivity contribution in [2.75, 3.05) is 0 Å². The summed E-state index contributed by atoms with van der Waals surface area (Å²) in [4.78, 5) is 0. The van der Waals surface area contributed by atoms with Crippen molar-refractivity contribution in [3.8, 4) is 16.9 Å². The van der Waals surface area contributed by atoms with Gasteiger partial charge in [-0.2, -0.15) is 6.08 Å². The van der Waals surface area contributed by atoms with Crippen LogP contribution in [-0.4, -0.2) is 8.92 Å². The molecule has 0 aromatic heterocycles. The van der Waals surface area contributed by atoms with Gasteiger partial charge in [0.25, 0.3) is 0 Å². The molecule has 1 aliphatic rings. The van der Waals surface area contributed by atoms with Crippen molar-refractivity contribution in [1.29, 1.82) is 0 Å². The summed E-state index contributed by atoms with van der Waals surface area (Å²) in [7, 11) is 0. The number of benzene rings is 4. The summed E-state index contributed by atoms with van der Waals surface area (Å²) in [6, 6.07) is 38.2. The van der Waals surface area contributed by atoms with E-state index in [1.54, 1.807) is 12.1 Å². The molecule has 0 saturated carbocycles. The Labute approximate surface area is 226 Å². The van der Waals surface area contributed by atoms with Gasteiger partial charge in [-0.1, -0.05) is 42.5 Å². The molecule has 1 N–H and O–H groups in total. The van der Waals surface area contributed by atoms with E-state index in [1.165, 1.54) is 14.9 Å². The molecule has 34 heavy (non-hydrogen) atoms. The molecule has 0 atom stereocenters. The SMILES string of the molecule is Oc1cccc(-c2ccccc2)c1.[C-]1=CC=CC1.[Cl-].[Cl-].[Ti+]=[C](c1ccccc1)c1ccccc1. The third-order valence-corrected chi connectivity index (χ3v) is 5.57. The summed E-state index contributed by atoms with van der Waals surface area (Å²) >= 11 is 2.16. The first-order valence-electron chi connectivity index (χ1n) is 10.5. The van der Waals surface area contributed by atoms with E-state index in [-0.39, 0.29) is 24.8 Å². The molecule has 1 nitrogen and oxygen atoms in total. The maximum absolute atomic E-state index is 9.27. The fourth-order valence-corrected chi connectivity index (χ4v) is 3.55. The van der Waals surface area contributed by atoms with Crippen molar-refractivity contribution in [3.63, 3.8) is 0 Å². The molecule has 1 aliphatic carbocycles. The number of halogens is 2. The van der Waals surface area contributed by atoms with Crippen molar-refractivity contribution in [1.82, 2.24) is 0 Å². The van der Waals surface area contributed by atoms with E-state index < -0.39 is 0 Å². The molecule has 0 unspecified atom stereocenters. The standard InChI is InChI=1S/C13H10.C12H10O.C5H5.2ClH.Ti/c1-3-7-12(8-4-1)11-13-9-5-2-6-10-13;13-12-8-4-7-11(9-12)10-5-2-1-3-6-10;1-2-4-5-3-1;;;/h1-10H;1-9,13H;1-3H,4H2;2*1H;/q;;-1;;;+1/p-2. The molecule has 0 heterocycles. The summed E-state index contributed by atoms with van der Waals surface area (Å²) in [5, 5.41) is 9.27. The van der Waals surface area contributed by atoms with Crippen LogP contribution in [0.4, 0.5) is 0 Å². The summed E-state index contributed by atoms with van der Waals surface area (Å²) in [6.45, 7) is 0. The zero-order chi connectivity index (χ0) is 22.4. The molecule has 4 heteroatoms. The summed E-state index contributed by atoms with van der Waals surface area (Å²) in [5.74, 6) is 0.307. The van der Waals surface area contributed by atoms with Crippen LogP contribution in [0.25, 0.3) is 11.1 Å². The van der Waals surface area contributed by atoms with E-state index >= 15 is 0 Å². The number of aromatic hydroxyl groups is 1. The van der Waals surface area contributed by atoms with Gasteiger partial charge in [-0.3, -0.25) is 6.08 Å². The van der Waals surface area contributed by atoms with Crippen LogP contribution < -0.4 is 24.8 Å². The number of allylic oxidation sites excluding steroid dienone is 4. The fourth-order valence-electron chi connectivity index (χ4n) is 3.03. The Morgan fingerprint density at radius 2 is 1.15 bits per heavy atom. The number of hydrogen-bond donors (Lipinski definition) is 1. The second-order valence-corrected chi connectivity index (χ2v) is 7.81. The van der Waals surface area contributed by atoms with E-state index in [9.17, 15) is 5.11 Å². The monoisotopic (exact) mass is 519 g/mol. The molecule has 0 saturated heterocycles. The molecule has 0 radical (unpaired) electrons. The second-order valence-electron chi connectivity index (χ2n) is 7.03. The van der Waals surface area contributed by atoms with Gasteiger partial charge in [0.05, 0.1) is 0 Å². The molecule has 4 aromatic carbocycles. The third-order valence-electron chi connectivity index (χ3n) is 4.66. The van der Waals surface area contributed by atoms with Crippen molar-refractivity contribution in [3.05, 3.63) is 151 Å². The Hall–Kier alpha value is -2.68. The van der Waals surface area contributed by atoms with Crippen LogP contribution in [0.2, 0.25) is 0 Å². The first kappa shape index (κ1) is 29.4. The minimum atomic E-state index is 0. The Balaban J connectivity index is 0.000000270. The van der Waals surface area contributed by atoms with Crippen molar-refractivity contribution in [2.45, 2.75) is 6.42 Å². The van der Waals surface area contributed by atoms with Crippen LogP contribution in [0.3, 0.4) is 0 Å². The minimum absolute atomic E-state index is 0. The Bertz CT molecular complexity index is 1110. The molecular formula is C30H25Cl2OTi-2. The third kappa shape index (κ3) is 10.1. The van der Waals surface area contributed by atoms with Crippen LogP contribution in [-0.2, 0) is 20.0 Å². The Morgan fingerprint density at radius 1 is 0.647 bits per heavy atom. The molecule has 0 bridgehead atoms. The maximum atomic E-state index is 9.27. The van der Waals surface area contributed by atoms with Crippen LogP contribution in [0.5, 0.6) is 5.75 Å². The zero-order valence-corrected chi connectivity index (χ0v) is 21.7. The molecule has 0 amide bonds. The topological polar surface area (TPSA) is 20.2 Å². The van der Waals surface area contributed by atoms with Gasteiger partial charge in [0.15, 0.2) is 0 Å². The van der Waals surface area contributed by atoms with Gasteiger partial charge < -0.3 is 29.9 Å². The summed E-state index contributed by atoms with van der Waals surface area (Å²) in [5.41, 5.74) is 4.75. The number of hydrogen-bond acceptors (Lipinski definition) is 1. The summed E-state index contributed by atoms with van der Waals surface area (Å²) < 4.78 is 1.33. The van der Waals surface area contributed by atoms with Gasteiger partial charge in [-0.25, -0.2) is 12.2 Å². The number of rotatable bonds is 3. The molecule has 0 aliphatic heterocycles. The number of phenols is 1. The van der Waals surface area contributed by atoms with Gasteiger partial charge >= 0.3 is 95.6 Å². The average Bonchev–Trinajstić information content (AvgIpc) is 3.46. The van der Waals surface area contributed by atoms with Crippen molar-refractivity contribution < 1.29 is 49.9 Å². The quantitative estimate of drug-likeness (QED) is 0.318. The van der Waals surface area contributed by atoms with E-state index in [1.807, 2.05) is 66.7 Å². The second kappa shape index (κ2) is 16.9. The molecule has 0 spiro atoms. The van der Waals surface area contributed by atoms with Crippen LogP contribution in [0.1, 0.15) is 17.5 Å². The van der Waals surface area contributed by atoms with E-state index in [4.69, 9.17) is 0 Å². The predicted molar refractivity (Wildman–Crippen MR) is 131 cm³/mol. The van der Waals surface area contributed by atoms with Gasteiger partial charge in [0.1, 0.15) is 5.75 Å². The Morgan fingerprint density at radius 3 is 1.56 bits per heavy atom. The first-order valence-corrected chi connectivity index (χ1v) is 11.3. The molecule has 0 fully saturated rings. The summed E-state index contributed by atoms with van der Waals surface area (Å²) in [6.07, 6.45) is 10.0. The molecule has 5 rings (SSSR count). The van der Waals surface area contributed by atoms with Gasteiger partial charge in [-0.15, -0.1) is 6.42 Å². The van der Waals surface area contributed by atoms with Crippen molar-refractivity contribution in [2.24, 2.45) is 0 Å².